The molecule has 0 aliphatic carbocycles. The average molecular weight is 303 g/mol. The molecule has 0 saturated heterocycles. The molecule has 0 aliphatic rings. The lowest BCUT2D eigenvalue weighted by atomic mass is 10.0. The monoisotopic (exact) mass is 302 g/mol. The number of nitrogens with zero attached hydrogens (tertiary/aromatic N) is 1. The SMILES string of the molecule is CCC(NCc1ccc(N(C)C)cc1)c1cccc(Cl)c1. The molecule has 2 rings (SSSR count). The zero-order chi connectivity index (χ0) is 15.2. The first kappa shape index (κ1) is 15.9. The van der Waals surface area contributed by atoms with Crippen molar-refractivity contribution in [2.45, 2.75) is 25.9 Å². The van der Waals surface area contributed by atoms with Crippen LogP contribution in [0.5, 0.6) is 0 Å². The molecular weight excluding hydrogens is 280 g/mol. The zero-order valence-corrected chi connectivity index (χ0v) is 13.7. The van der Waals surface area contributed by atoms with Gasteiger partial charge in [0.15, 0.2) is 0 Å². The largest absolute Gasteiger partial charge is 0.378 e. The standard InChI is InChI=1S/C18H23ClN2/c1-4-18(15-6-5-7-16(19)12-15)20-13-14-8-10-17(11-9-14)21(2)3/h5-12,18,20H,4,13H2,1-3H3. The number of nitrogens with one attached hydrogen (secondary N) is 1. The van der Waals surface area contributed by atoms with Crippen molar-refractivity contribution in [2.75, 3.05) is 19.0 Å². The van der Waals surface area contributed by atoms with Gasteiger partial charge in [0.2, 0.25) is 0 Å². The predicted molar refractivity (Wildman–Crippen MR) is 92.1 cm³/mol. The molecule has 2 aromatic rings. The van der Waals surface area contributed by atoms with Crippen molar-refractivity contribution < 1.29 is 0 Å². The average Bonchev–Trinajstić information content (AvgIpc) is 2.48. The van der Waals surface area contributed by atoms with E-state index in [1.165, 1.54) is 16.8 Å². The fraction of sp³-hybridized carbons (Fsp3) is 0.333. The van der Waals surface area contributed by atoms with Gasteiger partial charge < -0.3 is 10.2 Å². The highest BCUT2D eigenvalue weighted by Gasteiger charge is 2.09. The van der Waals surface area contributed by atoms with Crippen LogP contribution in [-0.2, 0) is 6.54 Å². The summed E-state index contributed by atoms with van der Waals surface area (Å²) in [5.74, 6) is 0. The zero-order valence-electron chi connectivity index (χ0n) is 12.9. The van der Waals surface area contributed by atoms with Crippen LogP contribution in [0.15, 0.2) is 48.5 Å². The molecule has 0 bridgehead atoms. The Balaban J connectivity index is 2.00. The van der Waals surface area contributed by atoms with Gasteiger partial charge in [-0.05, 0) is 41.8 Å². The lowest BCUT2D eigenvalue weighted by Crippen LogP contribution is -2.20. The summed E-state index contributed by atoms with van der Waals surface area (Å²) in [4.78, 5) is 2.11. The van der Waals surface area contributed by atoms with Gasteiger partial charge in [-0.1, -0.05) is 42.8 Å². The Bertz CT molecular complexity index is 564. The van der Waals surface area contributed by atoms with E-state index in [-0.39, 0.29) is 0 Å². The Labute approximate surface area is 132 Å². The fourth-order valence-corrected chi connectivity index (χ4v) is 2.57. The predicted octanol–water partition coefficient (Wildman–Crippen LogP) is 4.65. The van der Waals surface area contributed by atoms with Gasteiger partial charge in [0.05, 0.1) is 0 Å². The Morgan fingerprint density at radius 2 is 1.81 bits per heavy atom. The molecule has 0 spiro atoms. The molecule has 0 heterocycles. The van der Waals surface area contributed by atoms with Crippen LogP contribution in [0.25, 0.3) is 0 Å². The van der Waals surface area contributed by atoms with Gasteiger partial charge in [0.25, 0.3) is 0 Å². The minimum absolute atomic E-state index is 0.331. The molecule has 2 aromatic carbocycles. The van der Waals surface area contributed by atoms with E-state index in [2.05, 4.69) is 61.6 Å². The smallest absolute Gasteiger partial charge is 0.0409 e. The van der Waals surface area contributed by atoms with Crippen LogP contribution in [0.2, 0.25) is 5.02 Å². The van der Waals surface area contributed by atoms with Crippen LogP contribution in [0.4, 0.5) is 5.69 Å². The topological polar surface area (TPSA) is 15.3 Å². The van der Waals surface area contributed by atoms with Crippen molar-refractivity contribution in [2.24, 2.45) is 0 Å². The molecule has 112 valence electrons. The van der Waals surface area contributed by atoms with Crippen molar-refractivity contribution in [3.05, 3.63) is 64.7 Å². The van der Waals surface area contributed by atoms with Gasteiger partial charge in [0, 0.05) is 37.4 Å². The van der Waals surface area contributed by atoms with Crippen molar-refractivity contribution >= 4 is 17.3 Å². The van der Waals surface area contributed by atoms with E-state index in [1.807, 2.05) is 18.2 Å². The molecule has 0 saturated carbocycles. The first-order valence-corrected chi connectivity index (χ1v) is 7.73. The molecule has 2 nitrogen and oxygen atoms in total. The van der Waals surface area contributed by atoms with Crippen LogP contribution in [0.3, 0.4) is 0 Å². The van der Waals surface area contributed by atoms with Gasteiger partial charge in [-0.2, -0.15) is 0 Å². The van der Waals surface area contributed by atoms with E-state index in [4.69, 9.17) is 11.6 Å². The van der Waals surface area contributed by atoms with Crippen LogP contribution >= 0.6 is 11.6 Å². The van der Waals surface area contributed by atoms with Crippen molar-refractivity contribution in [3.63, 3.8) is 0 Å². The molecular formula is C18H23ClN2. The molecule has 0 aliphatic heterocycles. The minimum Gasteiger partial charge on any atom is -0.378 e. The summed E-state index contributed by atoms with van der Waals surface area (Å²) in [6, 6.07) is 17.1. The van der Waals surface area contributed by atoms with Gasteiger partial charge >= 0.3 is 0 Å². The first-order valence-electron chi connectivity index (χ1n) is 7.35. The van der Waals surface area contributed by atoms with E-state index in [1.54, 1.807) is 0 Å². The summed E-state index contributed by atoms with van der Waals surface area (Å²) in [6.45, 7) is 3.05. The third-order valence-corrected chi connectivity index (χ3v) is 3.90. The van der Waals surface area contributed by atoms with Gasteiger partial charge in [-0.15, -0.1) is 0 Å². The maximum absolute atomic E-state index is 6.08. The molecule has 1 unspecified atom stereocenters. The Morgan fingerprint density at radius 3 is 2.38 bits per heavy atom. The fourth-order valence-electron chi connectivity index (χ4n) is 2.37. The Morgan fingerprint density at radius 1 is 1.10 bits per heavy atom. The van der Waals surface area contributed by atoms with E-state index < -0.39 is 0 Å². The molecule has 3 heteroatoms. The summed E-state index contributed by atoms with van der Waals surface area (Å²) >= 11 is 6.08. The number of hydrogen-bond donors (Lipinski definition) is 1. The number of anilines is 1. The summed E-state index contributed by atoms with van der Waals surface area (Å²) < 4.78 is 0. The van der Waals surface area contributed by atoms with E-state index >= 15 is 0 Å². The maximum Gasteiger partial charge on any atom is 0.0409 e. The molecule has 0 amide bonds. The first-order chi connectivity index (χ1) is 10.1. The van der Waals surface area contributed by atoms with Crippen molar-refractivity contribution in [1.82, 2.24) is 5.32 Å². The Kier molecular flexibility index (Phi) is 5.66. The van der Waals surface area contributed by atoms with Gasteiger partial charge in [-0.25, -0.2) is 0 Å². The van der Waals surface area contributed by atoms with E-state index in [0.29, 0.717) is 6.04 Å². The normalized spacial score (nSPS) is 12.2. The van der Waals surface area contributed by atoms with Crippen LogP contribution in [0, 0.1) is 0 Å². The second kappa shape index (κ2) is 7.48. The van der Waals surface area contributed by atoms with E-state index in [9.17, 15) is 0 Å². The highest BCUT2D eigenvalue weighted by atomic mass is 35.5. The molecule has 1 N–H and O–H groups in total. The van der Waals surface area contributed by atoms with Crippen molar-refractivity contribution in [1.29, 1.82) is 0 Å². The highest BCUT2D eigenvalue weighted by Crippen LogP contribution is 2.21. The third kappa shape index (κ3) is 4.48. The summed E-state index contributed by atoms with van der Waals surface area (Å²) in [6.07, 6.45) is 1.04. The third-order valence-electron chi connectivity index (χ3n) is 3.66. The van der Waals surface area contributed by atoms with Crippen LogP contribution in [0.1, 0.15) is 30.5 Å². The number of halogens is 1. The minimum atomic E-state index is 0.331. The maximum atomic E-state index is 6.08. The number of rotatable bonds is 6. The molecule has 0 fully saturated rings. The second-order valence-corrected chi connectivity index (χ2v) is 5.89. The van der Waals surface area contributed by atoms with Crippen LogP contribution in [-0.4, -0.2) is 14.1 Å². The molecule has 0 radical (unpaired) electrons. The quantitative estimate of drug-likeness (QED) is 0.836. The van der Waals surface area contributed by atoms with Gasteiger partial charge in [-0.3, -0.25) is 0 Å². The number of hydrogen-bond acceptors (Lipinski definition) is 2. The van der Waals surface area contributed by atoms with Crippen molar-refractivity contribution in [3.8, 4) is 0 Å². The number of benzene rings is 2. The molecule has 0 aromatic heterocycles. The van der Waals surface area contributed by atoms with Crippen LogP contribution < -0.4 is 10.2 Å². The second-order valence-electron chi connectivity index (χ2n) is 5.46. The van der Waals surface area contributed by atoms with E-state index in [0.717, 1.165) is 18.0 Å². The Hall–Kier alpha value is -1.51. The summed E-state index contributed by atoms with van der Waals surface area (Å²) in [7, 11) is 4.11. The summed E-state index contributed by atoms with van der Waals surface area (Å²) in [5.41, 5.74) is 3.76. The highest BCUT2D eigenvalue weighted by molar-refractivity contribution is 6.30. The van der Waals surface area contributed by atoms with Gasteiger partial charge in [0.1, 0.15) is 0 Å². The lowest BCUT2D eigenvalue weighted by molar-refractivity contribution is 0.519. The summed E-state index contributed by atoms with van der Waals surface area (Å²) in [5, 5.41) is 4.40. The molecule has 1 atom stereocenters. The molecule has 21 heavy (non-hydrogen) atoms. The lowest BCUT2D eigenvalue weighted by Gasteiger charge is -2.18.